The van der Waals surface area contributed by atoms with E-state index in [0.29, 0.717) is 12.0 Å². The fourth-order valence-corrected chi connectivity index (χ4v) is 2.01. The Morgan fingerprint density at radius 1 is 1.30 bits per heavy atom. The van der Waals surface area contributed by atoms with E-state index in [9.17, 15) is 23.1 Å². The minimum atomic E-state index is -4.58. The van der Waals surface area contributed by atoms with Crippen LogP contribution in [0.25, 0.3) is 11.3 Å². The zero-order chi connectivity index (χ0) is 14.9. The summed E-state index contributed by atoms with van der Waals surface area (Å²) in [6.45, 7) is 1.71. The molecule has 3 nitrogen and oxygen atoms in total. The van der Waals surface area contributed by atoms with Crippen LogP contribution >= 0.6 is 0 Å². The second kappa shape index (κ2) is 5.03. The molecule has 106 valence electrons. The van der Waals surface area contributed by atoms with Gasteiger partial charge in [0.25, 0.3) is 0 Å². The van der Waals surface area contributed by atoms with E-state index in [4.69, 9.17) is 4.42 Å². The predicted molar refractivity (Wildman–Crippen MR) is 65.5 cm³/mol. The van der Waals surface area contributed by atoms with Gasteiger partial charge in [-0.05, 0) is 12.5 Å². The number of alkyl halides is 3. The summed E-state index contributed by atoms with van der Waals surface area (Å²) in [7, 11) is 0. The van der Waals surface area contributed by atoms with Crippen LogP contribution in [0.5, 0.6) is 0 Å². The third-order valence-corrected chi connectivity index (χ3v) is 2.94. The first-order chi connectivity index (χ1) is 9.36. The highest BCUT2D eigenvalue weighted by molar-refractivity contribution is 5.96. The van der Waals surface area contributed by atoms with E-state index in [1.165, 1.54) is 24.5 Å². The zero-order valence-electron chi connectivity index (χ0n) is 10.5. The van der Waals surface area contributed by atoms with Crippen molar-refractivity contribution < 1.29 is 27.5 Å². The molecule has 1 N–H and O–H groups in total. The Balaban J connectivity index is 2.70. The summed E-state index contributed by atoms with van der Waals surface area (Å²) in [4.78, 5) is 11.3. The fraction of sp³-hybridized carbons (Fsp3) is 0.214. The van der Waals surface area contributed by atoms with Crippen LogP contribution in [0.2, 0.25) is 0 Å². The number of carboxylic acid groups (broad SMARTS) is 1. The van der Waals surface area contributed by atoms with Crippen molar-refractivity contribution in [3.8, 4) is 11.3 Å². The zero-order valence-corrected chi connectivity index (χ0v) is 10.5. The summed E-state index contributed by atoms with van der Waals surface area (Å²) in [5, 5.41) is 9.18. The quantitative estimate of drug-likeness (QED) is 0.917. The first-order valence-corrected chi connectivity index (χ1v) is 5.86. The lowest BCUT2D eigenvalue weighted by molar-refractivity contribution is -0.137. The van der Waals surface area contributed by atoms with Crippen LogP contribution in [0.3, 0.4) is 0 Å². The second-order valence-corrected chi connectivity index (χ2v) is 4.17. The van der Waals surface area contributed by atoms with E-state index in [0.717, 1.165) is 6.07 Å². The van der Waals surface area contributed by atoms with Gasteiger partial charge in [0, 0.05) is 11.1 Å². The number of hydrogen-bond donors (Lipinski definition) is 1. The Morgan fingerprint density at radius 3 is 2.50 bits per heavy atom. The average Bonchev–Trinajstić information content (AvgIpc) is 2.81. The van der Waals surface area contributed by atoms with Crippen LogP contribution < -0.4 is 0 Å². The van der Waals surface area contributed by atoms with Gasteiger partial charge in [-0.15, -0.1) is 0 Å². The Kier molecular flexibility index (Phi) is 3.57. The van der Waals surface area contributed by atoms with Crippen molar-refractivity contribution in [2.75, 3.05) is 0 Å². The standard InChI is InChI=1S/C14H11F3O3/c1-2-8-7-20-12(11(8)13(18)19)9-5-3-4-6-10(9)14(15,16)17/h3-7H,2H2,1H3,(H,18,19). The molecule has 0 aliphatic rings. The average molecular weight is 284 g/mol. The third kappa shape index (κ3) is 2.41. The molecule has 2 rings (SSSR count). The van der Waals surface area contributed by atoms with Crippen molar-refractivity contribution in [2.45, 2.75) is 19.5 Å². The largest absolute Gasteiger partial charge is 0.478 e. The van der Waals surface area contributed by atoms with Crippen molar-refractivity contribution in [2.24, 2.45) is 0 Å². The SMILES string of the molecule is CCc1coc(-c2ccccc2C(F)(F)F)c1C(=O)O. The molecule has 0 amide bonds. The summed E-state index contributed by atoms with van der Waals surface area (Å²) in [6.07, 6.45) is -3.03. The molecule has 0 saturated carbocycles. The van der Waals surface area contributed by atoms with Gasteiger partial charge in [-0.2, -0.15) is 13.2 Å². The number of hydrogen-bond acceptors (Lipinski definition) is 2. The number of aromatic carboxylic acids is 1. The van der Waals surface area contributed by atoms with E-state index in [1.54, 1.807) is 6.92 Å². The molecule has 0 saturated heterocycles. The summed E-state index contributed by atoms with van der Waals surface area (Å²) < 4.78 is 44.0. The summed E-state index contributed by atoms with van der Waals surface area (Å²) in [6, 6.07) is 4.75. The molecule has 0 aliphatic heterocycles. The van der Waals surface area contributed by atoms with Crippen molar-refractivity contribution in [3.05, 3.63) is 47.2 Å². The Hall–Kier alpha value is -2.24. The van der Waals surface area contributed by atoms with Gasteiger partial charge in [-0.25, -0.2) is 4.79 Å². The molecule has 6 heteroatoms. The molecular formula is C14H11F3O3. The van der Waals surface area contributed by atoms with Crippen LogP contribution in [-0.2, 0) is 12.6 Å². The van der Waals surface area contributed by atoms with Crippen LogP contribution in [-0.4, -0.2) is 11.1 Å². The first-order valence-electron chi connectivity index (χ1n) is 5.86. The lowest BCUT2D eigenvalue weighted by Crippen LogP contribution is -2.08. The molecule has 20 heavy (non-hydrogen) atoms. The highest BCUT2D eigenvalue weighted by Crippen LogP contribution is 2.39. The van der Waals surface area contributed by atoms with Gasteiger partial charge in [-0.1, -0.05) is 25.1 Å². The Morgan fingerprint density at radius 2 is 1.95 bits per heavy atom. The lowest BCUT2D eigenvalue weighted by atomic mass is 9.99. The van der Waals surface area contributed by atoms with Crippen LogP contribution in [0.4, 0.5) is 13.2 Å². The summed E-state index contributed by atoms with van der Waals surface area (Å²) >= 11 is 0. The molecule has 2 aromatic rings. The predicted octanol–water partition coefficient (Wildman–Crippen LogP) is 4.23. The summed E-state index contributed by atoms with van der Waals surface area (Å²) in [5.74, 6) is -1.56. The number of carbonyl (C=O) groups is 1. The molecule has 1 heterocycles. The van der Waals surface area contributed by atoms with Gasteiger partial charge in [0.1, 0.15) is 11.3 Å². The number of carboxylic acids is 1. The first kappa shape index (κ1) is 14.2. The number of benzene rings is 1. The molecule has 0 radical (unpaired) electrons. The molecular weight excluding hydrogens is 273 g/mol. The topological polar surface area (TPSA) is 50.4 Å². The number of rotatable bonds is 3. The van der Waals surface area contributed by atoms with Gasteiger partial charge in [0.15, 0.2) is 0 Å². The summed E-state index contributed by atoms with van der Waals surface area (Å²) in [5.41, 5.74) is -1.04. The minimum Gasteiger partial charge on any atom is -0.478 e. The molecule has 0 fully saturated rings. The molecule has 1 aromatic carbocycles. The van der Waals surface area contributed by atoms with Crippen LogP contribution in [0, 0.1) is 0 Å². The van der Waals surface area contributed by atoms with Gasteiger partial charge in [0.05, 0.1) is 11.8 Å². The highest BCUT2D eigenvalue weighted by atomic mass is 19.4. The lowest BCUT2D eigenvalue weighted by Gasteiger charge is -2.11. The second-order valence-electron chi connectivity index (χ2n) is 4.17. The third-order valence-electron chi connectivity index (χ3n) is 2.94. The molecule has 0 bridgehead atoms. The normalized spacial score (nSPS) is 11.6. The minimum absolute atomic E-state index is 0.218. The monoisotopic (exact) mass is 284 g/mol. The van der Waals surface area contributed by atoms with E-state index >= 15 is 0 Å². The smallest absolute Gasteiger partial charge is 0.417 e. The number of halogens is 3. The van der Waals surface area contributed by atoms with Gasteiger partial charge in [-0.3, -0.25) is 0 Å². The Bertz CT molecular complexity index is 641. The van der Waals surface area contributed by atoms with Crippen LogP contribution in [0.15, 0.2) is 34.9 Å². The van der Waals surface area contributed by atoms with E-state index in [2.05, 4.69) is 0 Å². The van der Waals surface area contributed by atoms with E-state index < -0.39 is 17.7 Å². The fourth-order valence-electron chi connectivity index (χ4n) is 2.01. The van der Waals surface area contributed by atoms with Crippen molar-refractivity contribution in [1.29, 1.82) is 0 Å². The molecule has 0 aliphatic carbocycles. The highest BCUT2D eigenvalue weighted by Gasteiger charge is 2.35. The van der Waals surface area contributed by atoms with E-state index in [1.807, 2.05) is 0 Å². The van der Waals surface area contributed by atoms with Crippen molar-refractivity contribution in [1.82, 2.24) is 0 Å². The Labute approximate surface area is 112 Å². The van der Waals surface area contributed by atoms with Gasteiger partial charge < -0.3 is 9.52 Å². The molecule has 0 atom stereocenters. The van der Waals surface area contributed by atoms with Crippen LogP contribution in [0.1, 0.15) is 28.4 Å². The van der Waals surface area contributed by atoms with Gasteiger partial charge in [0.2, 0.25) is 0 Å². The molecule has 1 aromatic heterocycles. The number of aryl methyl sites for hydroxylation is 1. The maximum Gasteiger partial charge on any atom is 0.417 e. The number of furan rings is 1. The van der Waals surface area contributed by atoms with Crippen molar-refractivity contribution in [3.63, 3.8) is 0 Å². The maximum atomic E-state index is 13.0. The van der Waals surface area contributed by atoms with Crippen molar-refractivity contribution >= 4 is 5.97 Å². The van der Waals surface area contributed by atoms with E-state index in [-0.39, 0.29) is 16.9 Å². The van der Waals surface area contributed by atoms with Gasteiger partial charge >= 0.3 is 12.1 Å². The molecule has 0 spiro atoms. The molecule has 0 unspecified atom stereocenters. The maximum absolute atomic E-state index is 13.0.